The van der Waals surface area contributed by atoms with Crippen molar-refractivity contribution in [3.8, 4) is 0 Å². The molecular weight excluding hydrogens is 320 g/mol. The second-order valence-corrected chi connectivity index (χ2v) is 7.18. The normalized spacial score (nSPS) is 31.3. The van der Waals surface area contributed by atoms with Crippen molar-refractivity contribution in [2.45, 2.75) is 37.8 Å². The summed E-state index contributed by atoms with van der Waals surface area (Å²) in [6, 6.07) is 0.584. The maximum absolute atomic E-state index is 12.8. The molecule has 0 saturated carbocycles. The molecule has 4 rings (SSSR count). The fourth-order valence-corrected chi connectivity index (χ4v) is 4.43. The highest BCUT2D eigenvalue weighted by Crippen LogP contribution is 2.35. The summed E-state index contributed by atoms with van der Waals surface area (Å²) in [7, 11) is 0. The number of nitrogens with zero attached hydrogens (tertiary/aromatic N) is 3. The average molecular weight is 346 g/mol. The number of rotatable bonds is 3. The highest BCUT2D eigenvalue weighted by atomic mass is 16.5. The number of piperidine rings is 1. The number of anilines is 1. The maximum atomic E-state index is 12.8. The Morgan fingerprint density at radius 2 is 2.04 bits per heavy atom. The third-order valence-corrected chi connectivity index (χ3v) is 5.76. The molecule has 1 N–H and O–H groups in total. The molecule has 0 aliphatic carbocycles. The minimum absolute atomic E-state index is 0.0246. The minimum Gasteiger partial charge on any atom is -0.381 e. The van der Waals surface area contributed by atoms with Crippen molar-refractivity contribution in [2.75, 3.05) is 38.2 Å². The van der Waals surface area contributed by atoms with E-state index in [0.29, 0.717) is 18.5 Å². The van der Waals surface area contributed by atoms with Crippen molar-refractivity contribution >= 4 is 11.7 Å². The quantitative estimate of drug-likeness (QED) is 0.890. The van der Waals surface area contributed by atoms with Crippen LogP contribution in [0.25, 0.3) is 0 Å². The predicted molar refractivity (Wildman–Crippen MR) is 92.0 cm³/mol. The summed E-state index contributed by atoms with van der Waals surface area (Å²) in [5, 5.41) is 2.93. The molecule has 136 valence electrons. The Balaban J connectivity index is 1.43. The van der Waals surface area contributed by atoms with Gasteiger partial charge in [-0.05, 0) is 25.7 Å². The molecule has 0 aromatic carbocycles. The van der Waals surface area contributed by atoms with Crippen LogP contribution in [0.2, 0.25) is 0 Å². The van der Waals surface area contributed by atoms with Crippen LogP contribution < -0.4 is 5.32 Å². The fraction of sp³-hybridized carbons (Fsp3) is 0.722. The molecule has 1 aromatic heterocycles. The summed E-state index contributed by atoms with van der Waals surface area (Å²) in [5.74, 6) is 0.797. The van der Waals surface area contributed by atoms with Gasteiger partial charge in [-0.25, -0.2) is 4.98 Å². The van der Waals surface area contributed by atoms with Crippen LogP contribution in [-0.4, -0.2) is 65.8 Å². The Hall–Kier alpha value is -1.57. The molecule has 25 heavy (non-hydrogen) atoms. The summed E-state index contributed by atoms with van der Waals surface area (Å²) >= 11 is 0. The van der Waals surface area contributed by atoms with Gasteiger partial charge >= 0.3 is 0 Å². The third-order valence-electron chi connectivity index (χ3n) is 5.76. The lowest BCUT2D eigenvalue weighted by Gasteiger charge is -2.47. The van der Waals surface area contributed by atoms with Crippen molar-refractivity contribution in [1.29, 1.82) is 0 Å². The summed E-state index contributed by atoms with van der Waals surface area (Å²) in [4.78, 5) is 23.6. The van der Waals surface area contributed by atoms with Gasteiger partial charge in [0, 0.05) is 63.2 Å². The van der Waals surface area contributed by atoms with Crippen LogP contribution in [0.5, 0.6) is 0 Å². The standard InChI is InChI=1S/C18H26N4O3/c23-18(21-17-11-19-5-6-20-17)14-4-10-25-16-1-7-22(12-15(14)16)13-2-8-24-9-3-13/h5-6,11,13-16H,1-4,7-10,12H2,(H,20,21,23)/t14-,15-,16-/m1/s1. The van der Waals surface area contributed by atoms with Crippen LogP contribution in [0.15, 0.2) is 18.6 Å². The Morgan fingerprint density at radius 3 is 2.84 bits per heavy atom. The average Bonchev–Trinajstić information content (AvgIpc) is 2.68. The fourth-order valence-electron chi connectivity index (χ4n) is 4.43. The van der Waals surface area contributed by atoms with Crippen molar-refractivity contribution in [3.05, 3.63) is 18.6 Å². The SMILES string of the molecule is O=C(Nc1cnccn1)[C@@H]1CCO[C@@H]2CCN(C3CCOCC3)C[C@@H]21. The first kappa shape index (κ1) is 16.9. The van der Waals surface area contributed by atoms with Gasteiger partial charge in [-0.15, -0.1) is 0 Å². The Kier molecular flexibility index (Phi) is 5.24. The van der Waals surface area contributed by atoms with E-state index in [-0.39, 0.29) is 23.8 Å². The summed E-state index contributed by atoms with van der Waals surface area (Å²) in [6.45, 7) is 4.36. The predicted octanol–water partition coefficient (Wildman–Crippen LogP) is 1.32. The zero-order valence-electron chi connectivity index (χ0n) is 14.5. The molecule has 3 atom stereocenters. The number of carbonyl (C=O) groups excluding carboxylic acids is 1. The highest BCUT2D eigenvalue weighted by Gasteiger charge is 2.43. The van der Waals surface area contributed by atoms with Gasteiger partial charge in [-0.1, -0.05) is 0 Å². The summed E-state index contributed by atoms with van der Waals surface area (Å²) in [6.07, 6.45) is 8.95. The number of hydrogen-bond donors (Lipinski definition) is 1. The number of carbonyl (C=O) groups is 1. The van der Waals surface area contributed by atoms with Gasteiger partial charge in [0.25, 0.3) is 0 Å². The van der Waals surface area contributed by atoms with Gasteiger partial charge in [0.15, 0.2) is 5.82 Å². The number of amides is 1. The van der Waals surface area contributed by atoms with E-state index in [1.165, 1.54) is 0 Å². The zero-order valence-corrected chi connectivity index (χ0v) is 14.5. The molecule has 0 radical (unpaired) electrons. The van der Waals surface area contributed by atoms with Crippen LogP contribution >= 0.6 is 0 Å². The third kappa shape index (κ3) is 3.83. The molecule has 3 aliphatic rings. The van der Waals surface area contributed by atoms with E-state index in [2.05, 4.69) is 20.2 Å². The van der Waals surface area contributed by atoms with Crippen LogP contribution in [0, 0.1) is 11.8 Å². The highest BCUT2D eigenvalue weighted by molar-refractivity contribution is 5.91. The van der Waals surface area contributed by atoms with E-state index in [4.69, 9.17) is 9.47 Å². The summed E-state index contributed by atoms with van der Waals surface area (Å²) < 4.78 is 11.5. The maximum Gasteiger partial charge on any atom is 0.229 e. The van der Waals surface area contributed by atoms with Crippen molar-refractivity contribution in [1.82, 2.24) is 14.9 Å². The van der Waals surface area contributed by atoms with E-state index in [9.17, 15) is 4.79 Å². The summed E-state index contributed by atoms with van der Waals surface area (Å²) in [5.41, 5.74) is 0. The first-order chi connectivity index (χ1) is 12.3. The van der Waals surface area contributed by atoms with Gasteiger partial charge in [0.2, 0.25) is 5.91 Å². The molecule has 7 heteroatoms. The van der Waals surface area contributed by atoms with Gasteiger partial charge in [0.1, 0.15) is 0 Å². The number of fused-ring (bicyclic) bond motifs is 1. The first-order valence-electron chi connectivity index (χ1n) is 9.31. The topological polar surface area (TPSA) is 76.6 Å². The molecule has 3 saturated heterocycles. The minimum atomic E-state index is -0.0246. The molecule has 0 unspecified atom stereocenters. The monoisotopic (exact) mass is 346 g/mol. The van der Waals surface area contributed by atoms with Gasteiger partial charge < -0.3 is 14.8 Å². The molecule has 0 bridgehead atoms. The number of hydrogen-bond acceptors (Lipinski definition) is 6. The van der Waals surface area contributed by atoms with E-state index in [1.807, 2.05) is 0 Å². The molecular formula is C18H26N4O3. The molecule has 3 aliphatic heterocycles. The van der Waals surface area contributed by atoms with Crippen molar-refractivity contribution < 1.29 is 14.3 Å². The van der Waals surface area contributed by atoms with E-state index < -0.39 is 0 Å². The van der Waals surface area contributed by atoms with E-state index in [0.717, 1.165) is 52.0 Å². The molecule has 4 heterocycles. The molecule has 1 aromatic rings. The van der Waals surface area contributed by atoms with Crippen molar-refractivity contribution in [2.24, 2.45) is 11.8 Å². The largest absolute Gasteiger partial charge is 0.381 e. The van der Waals surface area contributed by atoms with Crippen LogP contribution in [0.3, 0.4) is 0 Å². The molecule has 0 spiro atoms. The van der Waals surface area contributed by atoms with E-state index >= 15 is 0 Å². The lowest BCUT2D eigenvalue weighted by molar-refractivity contribution is -0.139. The second kappa shape index (κ2) is 7.76. The van der Waals surface area contributed by atoms with Gasteiger partial charge in [0.05, 0.1) is 12.3 Å². The first-order valence-corrected chi connectivity index (χ1v) is 9.31. The lowest BCUT2D eigenvalue weighted by Crippen LogP contribution is -2.55. The number of nitrogens with one attached hydrogen (secondary N) is 1. The Labute approximate surface area is 148 Å². The number of ether oxygens (including phenoxy) is 2. The Morgan fingerprint density at radius 1 is 1.16 bits per heavy atom. The smallest absolute Gasteiger partial charge is 0.229 e. The van der Waals surface area contributed by atoms with Crippen molar-refractivity contribution in [3.63, 3.8) is 0 Å². The molecule has 3 fully saturated rings. The second-order valence-electron chi connectivity index (χ2n) is 7.18. The van der Waals surface area contributed by atoms with Crippen LogP contribution in [0.4, 0.5) is 5.82 Å². The molecule has 7 nitrogen and oxygen atoms in total. The Bertz CT molecular complexity index is 579. The molecule has 1 amide bonds. The lowest BCUT2D eigenvalue weighted by atomic mass is 9.78. The van der Waals surface area contributed by atoms with Crippen LogP contribution in [-0.2, 0) is 14.3 Å². The zero-order chi connectivity index (χ0) is 17.1. The van der Waals surface area contributed by atoms with Crippen LogP contribution in [0.1, 0.15) is 25.7 Å². The number of aromatic nitrogens is 2. The van der Waals surface area contributed by atoms with Gasteiger partial charge in [-0.2, -0.15) is 0 Å². The van der Waals surface area contributed by atoms with E-state index in [1.54, 1.807) is 18.6 Å². The van der Waals surface area contributed by atoms with Gasteiger partial charge in [-0.3, -0.25) is 14.7 Å². The number of likely N-dealkylation sites (tertiary alicyclic amines) is 1.